The number of likely N-dealkylation sites (N-methyl/N-ethyl adjacent to an activating group) is 1. The fourth-order valence-electron chi connectivity index (χ4n) is 3.81. The van der Waals surface area contributed by atoms with Gasteiger partial charge in [-0.15, -0.1) is 0 Å². The highest BCUT2D eigenvalue weighted by Gasteiger charge is 2.37. The maximum absolute atomic E-state index is 6.21. The van der Waals surface area contributed by atoms with Gasteiger partial charge in [0, 0.05) is 6.61 Å². The van der Waals surface area contributed by atoms with Gasteiger partial charge in [0.05, 0.1) is 11.6 Å². The van der Waals surface area contributed by atoms with Crippen LogP contribution in [-0.2, 0) is 4.74 Å². The Kier molecular flexibility index (Phi) is 4.66. The summed E-state index contributed by atoms with van der Waals surface area (Å²) in [6, 6.07) is 9.56. The van der Waals surface area contributed by atoms with Gasteiger partial charge >= 0.3 is 0 Å². The number of hydrogen-bond acceptors (Lipinski definition) is 2. The van der Waals surface area contributed by atoms with E-state index in [1.807, 2.05) is 0 Å². The lowest BCUT2D eigenvalue weighted by Gasteiger charge is -2.41. The molecule has 1 aromatic carbocycles. The first-order valence-corrected chi connectivity index (χ1v) is 8.70. The summed E-state index contributed by atoms with van der Waals surface area (Å²) in [4.78, 5) is 0. The van der Waals surface area contributed by atoms with Gasteiger partial charge in [-0.2, -0.15) is 0 Å². The van der Waals surface area contributed by atoms with Gasteiger partial charge in [0.25, 0.3) is 0 Å². The first kappa shape index (κ1) is 15.1. The van der Waals surface area contributed by atoms with Gasteiger partial charge in [0.15, 0.2) is 0 Å². The Morgan fingerprint density at radius 2 is 2.14 bits per heavy atom. The van der Waals surface area contributed by atoms with Crippen LogP contribution in [0.4, 0.5) is 0 Å². The van der Waals surface area contributed by atoms with Crippen LogP contribution in [0.3, 0.4) is 0 Å². The van der Waals surface area contributed by atoms with E-state index in [9.17, 15) is 0 Å². The minimum absolute atomic E-state index is 0.0630. The van der Waals surface area contributed by atoms with Crippen molar-refractivity contribution in [1.29, 1.82) is 0 Å². The minimum Gasteiger partial charge on any atom is -0.373 e. The zero-order chi connectivity index (χ0) is 14.7. The fourth-order valence-corrected chi connectivity index (χ4v) is 3.81. The fraction of sp³-hybridized carbons (Fsp3) is 0.684. The molecular weight excluding hydrogens is 258 g/mol. The normalized spacial score (nSPS) is 28.1. The van der Waals surface area contributed by atoms with Crippen molar-refractivity contribution in [3.63, 3.8) is 0 Å². The largest absolute Gasteiger partial charge is 0.373 e. The number of hydrogen-bond donors (Lipinski definition) is 1. The van der Waals surface area contributed by atoms with Crippen LogP contribution < -0.4 is 5.32 Å². The van der Waals surface area contributed by atoms with E-state index in [4.69, 9.17) is 4.74 Å². The number of nitrogens with one attached hydrogen (secondary N) is 1. The summed E-state index contributed by atoms with van der Waals surface area (Å²) in [5, 5.41) is 3.69. The first-order chi connectivity index (χ1) is 10.2. The molecule has 3 rings (SSSR count). The Labute approximate surface area is 129 Å². The Balaban J connectivity index is 1.85. The molecule has 2 nitrogen and oxygen atoms in total. The van der Waals surface area contributed by atoms with Gasteiger partial charge < -0.3 is 10.1 Å². The monoisotopic (exact) mass is 287 g/mol. The smallest absolute Gasteiger partial charge is 0.0848 e. The molecule has 2 fully saturated rings. The number of rotatable bonds is 5. The first-order valence-electron chi connectivity index (χ1n) is 8.70. The van der Waals surface area contributed by atoms with E-state index in [-0.39, 0.29) is 5.60 Å². The molecule has 1 aliphatic carbocycles. The van der Waals surface area contributed by atoms with Crippen LogP contribution in [0.1, 0.15) is 75.5 Å². The molecule has 0 amide bonds. The molecule has 1 saturated carbocycles. The van der Waals surface area contributed by atoms with Crippen LogP contribution in [0.25, 0.3) is 0 Å². The van der Waals surface area contributed by atoms with Crippen molar-refractivity contribution in [2.75, 3.05) is 13.2 Å². The van der Waals surface area contributed by atoms with Gasteiger partial charge in [-0.25, -0.2) is 0 Å². The lowest BCUT2D eigenvalue weighted by atomic mass is 9.78. The lowest BCUT2D eigenvalue weighted by molar-refractivity contribution is -0.0895. The van der Waals surface area contributed by atoms with Gasteiger partial charge in [-0.05, 0) is 62.6 Å². The van der Waals surface area contributed by atoms with E-state index >= 15 is 0 Å². The Hall–Kier alpha value is -0.860. The van der Waals surface area contributed by atoms with Gasteiger partial charge in [0.1, 0.15) is 0 Å². The Morgan fingerprint density at radius 3 is 2.76 bits per heavy atom. The molecule has 1 heterocycles. The summed E-state index contributed by atoms with van der Waals surface area (Å²) in [7, 11) is 0. The zero-order valence-electron chi connectivity index (χ0n) is 13.5. The van der Waals surface area contributed by atoms with E-state index in [2.05, 4.69) is 43.4 Å². The molecule has 0 radical (unpaired) electrons. The van der Waals surface area contributed by atoms with E-state index < -0.39 is 0 Å². The van der Waals surface area contributed by atoms with Gasteiger partial charge in [0.2, 0.25) is 0 Å². The van der Waals surface area contributed by atoms with Crippen LogP contribution in [0.2, 0.25) is 0 Å². The molecule has 2 unspecified atom stereocenters. The van der Waals surface area contributed by atoms with Crippen LogP contribution in [-0.4, -0.2) is 18.8 Å². The molecule has 1 N–H and O–H groups in total. The maximum atomic E-state index is 6.21. The molecule has 21 heavy (non-hydrogen) atoms. The topological polar surface area (TPSA) is 21.3 Å². The van der Waals surface area contributed by atoms with Crippen molar-refractivity contribution in [2.45, 2.75) is 69.9 Å². The average molecular weight is 287 g/mol. The van der Waals surface area contributed by atoms with Crippen molar-refractivity contribution in [2.24, 2.45) is 0 Å². The standard InChI is InChI=1S/C19H29NO/c1-3-20-18(19(2)12-4-5-13-21-19)17-11-7-10-16(14-17)15-8-6-9-15/h7,10-11,14-15,18,20H,3-6,8-9,12-13H2,1-2H3. The van der Waals surface area contributed by atoms with Crippen molar-refractivity contribution in [1.82, 2.24) is 5.32 Å². The number of benzene rings is 1. The molecule has 1 aliphatic heterocycles. The van der Waals surface area contributed by atoms with Crippen LogP contribution in [0.5, 0.6) is 0 Å². The molecule has 2 heteroatoms. The Bertz CT molecular complexity index is 460. The molecule has 0 bridgehead atoms. The van der Waals surface area contributed by atoms with Crippen LogP contribution >= 0.6 is 0 Å². The highest BCUT2D eigenvalue weighted by atomic mass is 16.5. The molecule has 0 spiro atoms. The van der Waals surface area contributed by atoms with E-state index in [1.165, 1.54) is 43.2 Å². The van der Waals surface area contributed by atoms with Crippen LogP contribution in [0.15, 0.2) is 24.3 Å². The molecular formula is C19H29NO. The predicted molar refractivity (Wildman–Crippen MR) is 87.7 cm³/mol. The third-order valence-corrected chi connectivity index (χ3v) is 5.34. The summed E-state index contributed by atoms with van der Waals surface area (Å²) < 4.78 is 6.21. The molecule has 2 atom stereocenters. The third-order valence-electron chi connectivity index (χ3n) is 5.34. The molecule has 0 aromatic heterocycles. The predicted octanol–water partition coefficient (Wildman–Crippen LogP) is 4.56. The van der Waals surface area contributed by atoms with Gasteiger partial charge in [-0.1, -0.05) is 37.6 Å². The summed E-state index contributed by atoms with van der Waals surface area (Å²) in [6.45, 7) is 6.36. The second kappa shape index (κ2) is 6.50. The van der Waals surface area contributed by atoms with E-state index in [0.717, 1.165) is 25.5 Å². The van der Waals surface area contributed by atoms with E-state index in [1.54, 1.807) is 0 Å². The molecule has 1 saturated heterocycles. The van der Waals surface area contributed by atoms with Crippen molar-refractivity contribution in [3.05, 3.63) is 35.4 Å². The summed E-state index contributed by atoms with van der Waals surface area (Å²) in [6.07, 6.45) is 7.76. The maximum Gasteiger partial charge on any atom is 0.0848 e. The third kappa shape index (κ3) is 3.17. The van der Waals surface area contributed by atoms with Crippen molar-refractivity contribution < 1.29 is 4.74 Å². The quantitative estimate of drug-likeness (QED) is 0.857. The summed E-state index contributed by atoms with van der Waals surface area (Å²) in [5.74, 6) is 0.798. The minimum atomic E-state index is -0.0630. The van der Waals surface area contributed by atoms with Crippen LogP contribution in [0, 0.1) is 0 Å². The van der Waals surface area contributed by atoms with Crippen molar-refractivity contribution in [3.8, 4) is 0 Å². The second-order valence-electron chi connectivity index (χ2n) is 6.91. The lowest BCUT2D eigenvalue weighted by Crippen LogP contribution is -2.46. The van der Waals surface area contributed by atoms with E-state index in [0.29, 0.717) is 6.04 Å². The summed E-state index contributed by atoms with van der Waals surface area (Å²) in [5.41, 5.74) is 2.87. The SMILES string of the molecule is CCNC(c1cccc(C2CCC2)c1)C1(C)CCCCO1. The molecule has 2 aliphatic rings. The van der Waals surface area contributed by atoms with Gasteiger partial charge in [-0.3, -0.25) is 0 Å². The summed E-state index contributed by atoms with van der Waals surface area (Å²) >= 11 is 0. The average Bonchev–Trinajstić information content (AvgIpc) is 2.44. The second-order valence-corrected chi connectivity index (χ2v) is 6.91. The number of ether oxygens (including phenoxy) is 1. The highest BCUT2D eigenvalue weighted by molar-refractivity contribution is 5.31. The zero-order valence-corrected chi connectivity index (χ0v) is 13.5. The van der Waals surface area contributed by atoms with Crippen molar-refractivity contribution >= 4 is 0 Å². The molecule has 1 aromatic rings. The Morgan fingerprint density at radius 1 is 1.29 bits per heavy atom. The highest BCUT2D eigenvalue weighted by Crippen LogP contribution is 2.40. The molecule has 116 valence electrons.